The molecule has 0 aromatic heterocycles. The maximum atomic E-state index is 14.4. The number of aliphatic hydroxyl groups excluding tert-OH is 1. The lowest BCUT2D eigenvalue weighted by Gasteiger charge is -2.31. The summed E-state index contributed by atoms with van der Waals surface area (Å²) in [6, 6.07) is 20.1. The Kier molecular flexibility index (Phi) is 12.3. The van der Waals surface area contributed by atoms with Crippen molar-refractivity contribution in [3.8, 4) is 23.0 Å². The van der Waals surface area contributed by atoms with E-state index in [0.717, 1.165) is 5.56 Å². The molecule has 3 aromatic rings. The van der Waals surface area contributed by atoms with Crippen LogP contribution in [0, 0.1) is 0 Å². The van der Waals surface area contributed by atoms with Gasteiger partial charge in [-0.15, -0.1) is 0 Å². The van der Waals surface area contributed by atoms with Crippen molar-refractivity contribution in [2.24, 2.45) is 4.99 Å². The van der Waals surface area contributed by atoms with Gasteiger partial charge in [0.2, 0.25) is 5.90 Å². The fraction of sp³-hybridized carbons (Fsp3) is 0.432. The molecule has 1 heterocycles. The molecule has 0 radical (unpaired) electrons. The molecular weight excluding hydrogens is 616 g/mol. The van der Waals surface area contributed by atoms with Gasteiger partial charge in [-0.05, 0) is 93.3 Å². The Labute approximate surface area is 282 Å². The van der Waals surface area contributed by atoms with Gasteiger partial charge in [-0.3, -0.25) is 9.59 Å². The van der Waals surface area contributed by atoms with Crippen LogP contribution in [0.4, 0.5) is 0 Å². The van der Waals surface area contributed by atoms with Crippen LogP contribution in [0.3, 0.4) is 0 Å². The van der Waals surface area contributed by atoms with Crippen LogP contribution in [-0.2, 0) is 25.5 Å². The maximum Gasteiger partial charge on any atom is 0.306 e. The molecule has 4 rings (SSSR count). The molecule has 258 valence electrons. The highest BCUT2D eigenvalue weighted by molar-refractivity contribution is 6.01. The molecule has 2 atom stereocenters. The van der Waals surface area contributed by atoms with E-state index in [1.165, 1.54) is 0 Å². The third-order valence-corrected chi connectivity index (χ3v) is 7.70. The Morgan fingerprint density at radius 2 is 1.69 bits per heavy atom. The third-order valence-electron chi connectivity index (χ3n) is 7.70. The zero-order valence-corrected chi connectivity index (χ0v) is 28.5. The van der Waals surface area contributed by atoms with Crippen molar-refractivity contribution in [1.29, 1.82) is 0 Å². The zero-order valence-electron chi connectivity index (χ0n) is 28.5. The van der Waals surface area contributed by atoms with E-state index in [9.17, 15) is 9.59 Å². The summed E-state index contributed by atoms with van der Waals surface area (Å²) in [5, 5.41) is 12.1. The highest BCUT2D eigenvalue weighted by atomic mass is 16.6. The van der Waals surface area contributed by atoms with E-state index in [0.29, 0.717) is 53.6 Å². The van der Waals surface area contributed by atoms with Crippen LogP contribution in [0.1, 0.15) is 62.8 Å². The fourth-order valence-corrected chi connectivity index (χ4v) is 5.37. The van der Waals surface area contributed by atoms with Gasteiger partial charge in [0.1, 0.15) is 17.1 Å². The van der Waals surface area contributed by atoms with Gasteiger partial charge in [0.15, 0.2) is 23.1 Å². The minimum Gasteiger partial charge on any atom is -0.497 e. The average Bonchev–Trinajstić information content (AvgIpc) is 3.48. The van der Waals surface area contributed by atoms with E-state index in [2.05, 4.69) is 5.32 Å². The molecule has 0 aliphatic carbocycles. The second kappa shape index (κ2) is 16.4. The predicted octanol–water partition coefficient (Wildman–Crippen LogP) is 5.21. The summed E-state index contributed by atoms with van der Waals surface area (Å²) in [4.78, 5) is 32.4. The normalized spacial score (nSPS) is 17.1. The summed E-state index contributed by atoms with van der Waals surface area (Å²) < 4.78 is 34.1. The van der Waals surface area contributed by atoms with Crippen LogP contribution >= 0.6 is 0 Å². The lowest BCUT2D eigenvalue weighted by molar-refractivity contribution is -0.155. The number of benzene rings is 3. The average molecular weight is 663 g/mol. The number of hydrogen-bond acceptors (Lipinski definition) is 10. The molecule has 0 unspecified atom stereocenters. The topological polar surface area (TPSA) is 134 Å². The van der Waals surface area contributed by atoms with Crippen molar-refractivity contribution in [3.63, 3.8) is 0 Å². The summed E-state index contributed by atoms with van der Waals surface area (Å²) in [5.74, 6) is 1.83. The standard InChI is InChI=1S/C37H46N2O9/c1-36(2,3)48-32(41)17-19-37(35(42)38-20-18-25-11-16-30(44-5)31(23-25)45-6)33(27-9-7-10-29(24-27)43-4)47-34(39-37)26-12-14-28(15-13-26)46-22-8-21-40/h7,9-16,23-24,33,40H,8,17-22H2,1-6H3,(H,38,42)/t33-,37-/m1/s1. The third kappa shape index (κ3) is 9.19. The molecule has 48 heavy (non-hydrogen) atoms. The van der Waals surface area contributed by atoms with Crippen molar-refractivity contribution in [3.05, 3.63) is 83.4 Å². The fourth-order valence-electron chi connectivity index (χ4n) is 5.37. The zero-order chi connectivity index (χ0) is 34.7. The van der Waals surface area contributed by atoms with Gasteiger partial charge in [0.25, 0.3) is 5.91 Å². The Bertz CT molecular complexity index is 1570. The Morgan fingerprint density at radius 3 is 2.35 bits per heavy atom. The molecule has 0 fully saturated rings. The summed E-state index contributed by atoms with van der Waals surface area (Å²) >= 11 is 0. The van der Waals surface area contributed by atoms with Crippen LogP contribution in [0.5, 0.6) is 23.0 Å². The molecule has 11 nitrogen and oxygen atoms in total. The van der Waals surface area contributed by atoms with Crippen LogP contribution in [0.15, 0.2) is 71.7 Å². The van der Waals surface area contributed by atoms with Crippen LogP contribution in [-0.4, -0.2) is 75.1 Å². The van der Waals surface area contributed by atoms with E-state index in [4.69, 9.17) is 38.5 Å². The van der Waals surface area contributed by atoms with Gasteiger partial charge >= 0.3 is 5.97 Å². The number of esters is 1. The number of nitrogens with zero attached hydrogens (tertiary/aromatic N) is 1. The first kappa shape index (κ1) is 36.1. The Morgan fingerprint density at radius 1 is 0.938 bits per heavy atom. The minimum absolute atomic E-state index is 0.0256. The monoisotopic (exact) mass is 662 g/mol. The second-order valence-corrected chi connectivity index (χ2v) is 12.3. The maximum absolute atomic E-state index is 14.4. The molecular formula is C37H46N2O9. The lowest BCUT2D eigenvalue weighted by atomic mass is 9.83. The molecule has 1 aliphatic heterocycles. The molecule has 0 saturated carbocycles. The van der Waals surface area contributed by atoms with Gasteiger partial charge in [-0.2, -0.15) is 0 Å². The first-order valence-electron chi connectivity index (χ1n) is 16.0. The Hall–Kier alpha value is -4.77. The van der Waals surface area contributed by atoms with Crippen molar-refractivity contribution in [2.45, 2.75) is 63.7 Å². The van der Waals surface area contributed by atoms with Gasteiger partial charge in [0.05, 0.1) is 27.9 Å². The first-order chi connectivity index (χ1) is 23.0. The number of nitrogens with one attached hydrogen (secondary N) is 1. The summed E-state index contributed by atoms with van der Waals surface area (Å²) in [6.07, 6.45) is 0.0942. The molecule has 3 aromatic carbocycles. The second-order valence-electron chi connectivity index (χ2n) is 12.3. The van der Waals surface area contributed by atoms with Gasteiger partial charge in [-0.1, -0.05) is 18.2 Å². The van der Waals surface area contributed by atoms with Crippen LogP contribution in [0.25, 0.3) is 0 Å². The molecule has 1 amide bonds. The largest absolute Gasteiger partial charge is 0.497 e. The van der Waals surface area contributed by atoms with Gasteiger partial charge in [-0.25, -0.2) is 4.99 Å². The van der Waals surface area contributed by atoms with E-state index < -0.39 is 29.1 Å². The van der Waals surface area contributed by atoms with Gasteiger partial charge < -0.3 is 38.8 Å². The number of rotatable bonds is 16. The van der Waals surface area contributed by atoms with Crippen molar-refractivity contribution in [2.75, 3.05) is 41.1 Å². The van der Waals surface area contributed by atoms with Crippen LogP contribution in [0.2, 0.25) is 0 Å². The quantitative estimate of drug-likeness (QED) is 0.157. The highest BCUT2D eigenvalue weighted by Crippen LogP contribution is 2.44. The van der Waals surface area contributed by atoms with E-state index in [1.807, 2.05) is 30.3 Å². The highest BCUT2D eigenvalue weighted by Gasteiger charge is 2.53. The van der Waals surface area contributed by atoms with E-state index in [-0.39, 0.29) is 31.9 Å². The SMILES string of the molecule is COc1cccc([C@H]2OC(c3ccc(OCCCO)cc3)=N[C@@]2(CCC(=O)OC(C)(C)C)C(=O)NCCc2ccc(OC)c(OC)c2)c1. The van der Waals surface area contributed by atoms with E-state index >= 15 is 0 Å². The van der Waals surface area contributed by atoms with E-state index in [1.54, 1.807) is 78.5 Å². The van der Waals surface area contributed by atoms with Gasteiger partial charge in [0, 0.05) is 31.6 Å². The summed E-state index contributed by atoms with van der Waals surface area (Å²) in [5.41, 5.74) is 0.0193. The van der Waals surface area contributed by atoms with Crippen LogP contribution < -0.4 is 24.3 Å². The number of aliphatic imine (C=N–C) groups is 1. The number of hydrogen-bond donors (Lipinski definition) is 2. The lowest BCUT2D eigenvalue weighted by Crippen LogP contribution is -2.49. The first-order valence-corrected chi connectivity index (χ1v) is 16.0. The molecule has 0 bridgehead atoms. The van der Waals surface area contributed by atoms with Crippen molar-refractivity contribution >= 4 is 17.8 Å². The summed E-state index contributed by atoms with van der Waals surface area (Å²) in [6.45, 7) is 6.10. The molecule has 2 N–H and O–H groups in total. The molecule has 1 aliphatic rings. The molecule has 0 spiro atoms. The molecule has 11 heteroatoms. The van der Waals surface area contributed by atoms with Crippen molar-refractivity contribution < 1.29 is 43.1 Å². The number of methoxy groups -OCH3 is 3. The number of aliphatic hydroxyl groups is 1. The smallest absolute Gasteiger partial charge is 0.306 e. The van der Waals surface area contributed by atoms with Crippen molar-refractivity contribution in [1.82, 2.24) is 5.32 Å². The Balaban J connectivity index is 1.69. The summed E-state index contributed by atoms with van der Waals surface area (Å²) in [7, 11) is 4.72. The minimum atomic E-state index is -1.52. The number of carbonyl (C=O) groups is 2. The number of amides is 1. The molecule has 0 saturated heterocycles. The number of ether oxygens (including phenoxy) is 6. The number of carbonyl (C=O) groups excluding carboxylic acids is 2. The predicted molar refractivity (Wildman–Crippen MR) is 181 cm³/mol.